The number of benzene rings is 1. The van der Waals surface area contributed by atoms with E-state index in [1.165, 1.54) is 11.1 Å². The van der Waals surface area contributed by atoms with Gasteiger partial charge in [-0.05, 0) is 53.9 Å². The van der Waals surface area contributed by atoms with Crippen LogP contribution in [0.2, 0.25) is 0 Å². The van der Waals surface area contributed by atoms with Crippen LogP contribution < -0.4 is 4.74 Å². The first-order valence-corrected chi connectivity index (χ1v) is 5.25. The molecule has 0 aromatic heterocycles. The average Bonchev–Trinajstić information content (AvgIpc) is 2.23. The van der Waals surface area contributed by atoms with Crippen molar-refractivity contribution in [2.24, 2.45) is 0 Å². The number of hydrogen-bond acceptors (Lipinski definition) is 1. The predicted octanol–water partition coefficient (Wildman–Crippen LogP) is 3.47. The molecule has 2 rings (SSSR count). The lowest BCUT2D eigenvalue weighted by Gasteiger charge is -2.17. The maximum absolute atomic E-state index is 5.83. The molecule has 0 N–H and O–H groups in total. The number of fused-ring (bicyclic) bond motifs is 1. The minimum absolute atomic E-state index is 0.0430. The molecular weight excluding hydrogens is 228 g/mol. The van der Waals surface area contributed by atoms with Crippen molar-refractivity contribution in [2.45, 2.75) is 32.8 Å². The molecule has 0 saturated heterocycles. The third-order valence-electron chi connectivity index (χ3n) is 2.26. The van der Waals surface area contributed by atoms with E-state index in [0.29, 0.717) is 0 Å². The van der Waals surface area contributed by atoms with Crippen molar-refractivity contribution in [3.05, 3.63) is 27.7 Å². The van der Waals surface area contributed by atoms with Gasteiger partial charge < -0.3 is 4.74 Å². The molecule has 0 aliphatic carbocycles. The molecule has 1 heterocycles. The molecule has 0 atom stereocenters. The molecule has 1 aromatic rings. The van der Waals surface area contributed by atoms with Crippen molar-refractivity contribution in [2.75, 3.05) is 0 Å². The van der Waals surface area contributed by atoms with Crippen LogP contribution in [0.5, 0.6) is 5.75 Å². The van der Waals surface area contributed by atoms with Crippen LogP contribution in [-0.4, -0.2) is 5.60 Å². The van der Waals surface area contributed by atoms with Gasteiger partial charge >= 0.3 is 0 Å². The zero-order chi connectivity index (χ0) is 9.64. The highest BCUT2D eigenvalue weighted by Crippen LogP contribution is 2.40. The molecule has 0 bridgehead atoms. The Balaban J connectivity index is 2.52. The summed E-state index contributed by atoms with van der Waals surface area (Å²) in [5.74, 6) is 1.02. The van der Waals surface area contributed by atoms with Crippen molar-refractivity contribution >= 4 is 15.9 Å². The van der Waals surface area contributed by atoms with Gasteiger partial charge in [0.1, 0.15) is 11.4 Å². The Hall–Kier alpha value is -0.500. The first-order valence-electron chi connectivity index (χ1n) is 4.46. The predicted molar refractivity (Wildman–Crippen MR) is 57.3 cm³/mol. The van der Waals surface area contributed by atoms with Crippen LogP contribution in [-0.2, 0) is 6.42 Å². The second kappa shape index (κ2) is 2.74. The minimum Gasteiger partial charge on any atom is -0.486 e. The number of aryl methyl sites for hydroxylation is 1. The Labute approximate surface area is 87.2 Å². The lowest BCUT2D eigenvalue weighted by molar-refractivity contribution is 0.137. The van der Waals surface area contributed by atoms with Crippen molar-refractivity contribution in [1.29, 1.82) is 0 Å². The molecule has 0 unspecified atom stereocenters. The van der Waals surface area contributed by atoms with Gasteiger partial charge in [-0.3, -0.25) is 0 Å². The number of hydrogen-bond donors (Lipinski definition) is 0. The van der Waals surface area contributed by atoms with Gasteiger partial charge in [-0.1, -0.05) is 6.07 Å². The molecule has 70 valence electrons. The molecule has 1 aliphatic rings. The second-order valence-corrected chi connectivity index (χ2v) is 5.13. The summed E-state index contributed by atoms with van der Waals surface area (Å²) in [4.78, 5) is 0. The van der Waals surface area contributed by atoms with Crippen LogP contribution >= 0.6 is 15.9 Å². The number of halogens is 1. The molecule has 0 spiro atoms. The van der Waals surface area contributed by atoms with E-state index in [-0.39, 0.29) is 5.60 Å². The Morgan fingerprint density at radius 3 is 2.77 bits per heavy atom. The maximum atomic E-state index is 5.83. The van der Waals surface area contributed by atoms with Crippen molar-refractivity contribution in [1.82, 2.24) is 0 Å². The molecule has 0 fully saturated rings. The first-order chi connectivity index (χ1) is 5.98. The van der Waals surface area contributed by atoms with Gasteiger partial charge in [-0.15, -0.1) is 0 Å². The second-order valence-electron chi connectivity index (χ2n) is 4.27. The number of ether oxygens (including phenoxy) is 1. The lowest BCUT2D eigenvalue weighted by Crippen LogP contribution is -2.24. The van der Waals surface area contributed by atoms with Crippen molar-refractivity contribution in [3.63, 3.8) is 0 Å². The Morgan fingerprint density at radius 2 is 2.08 bits per heavy atom. The van der Waals surface area contributed by atoms with Crippen LogP contribution in [0.1, 0.15) is 25.0 Å². The third-order valence-corrected chi connectivity index (χ3v) is 2.85. The SMILES string of the molecule is Cc1cc(Br)c2c(c1)CC(C)(C)O2. The van der Waals surface area contributed by atoms with E-state index in [4.69, 9.17) is 4.74 Å². The van der Waals surface area contributed by atoms with Gasteiger partial charge in [-0.25, -0.2) is 0 Å². The van der Waals surface area contributed by atoms with E-state index in [9.17, 15) is 0 Å². The van der Waals surface area contributed by atoms with E-state index >= 15 is 0 Å². The highest BCUT2D eigenvalue weighted by molar-refractivity contribution is 9.10. The molecule has 2 heteroatoms. The van der Waals surface area contributed by atoms with E-state index in [1.54, 1.807) is 0 Å². The monoisotopic (exact) mass is 240 g/mol. The lowest BCUT2D eigenvalue weighted by atomic mass is 10.0. The summed E-state index contributed by atoms with van der Waals surface area (Å²) in [5.41, 5.74) is 2.56. The summed E-state index contributed by atoms with van der Waals surface area (Å²) in [6.45, 7) is 6.35. The Kier molecular flexibility index (Phi) is 1.91. The van der Waals surface area contributed by atoms with Gasteiger partial charge in [0, 0.05) is 6.42 Å². The van der Waals surface area contributed by atoms with E-state index in [1.807, 2.05) is 0 Å². The number of rotatable bonds is 0. The molecule has 0 amide bonds. The maximum Gasteiger partial charge on any atom is 0.137 e. The molecule has 13 heavy (non-hydrogen) atoms. The Morgan fingerprint density at radius 1 is 1.38 bits per heavy atom. The summed E-state index contributed by atoms with van der Waals surface area (Å²) in [6.07, 6.45) is 1.00. The highest BCUT2D eigenvalue weighted by Gasteiger charge is 2.31. The fourth-order valence-corrected chi connectivity index (χ4v) is 2.51. The fourth-order valence-electron chi connectivity index (χ4n) is 1.82. The van der Waals surface area contributed by atoms with Crippen LogP contribution in [0.3, 0.4) is 0 Å². The molecule has 1 aliphatic heterocycles. The van der Waals surface area contributed by atoms with E-state index in [0.717, 1.165) is 16.6 Å². The summed E-state index contributed by atoms with van der Waals surface area (Å²) >= 11 is 3.52. The van der Waals surface area contributed by atoms with Crippen LogP contribution in [0.4, 0.5) is 0 Å². The van der Waals surface area contributed by atoms with Crippen molar-refractivity contribution < 1.29 is 4.74 Å². The molecular formula is C11H13BrO. The van der Waals surface area contributed by atoms with Crippen molar-refractivity contribution in [3.8, 4) is 5.75 Å². The topological polar surface area (TPSA) is 9.23 Å². The highest BCUT2D eigenvalue weighted by atomic mass is 79.9. The summed E-state index contributed by atoms with van der Waals surface area (Å²) in [7, 11) is 0. The standard InChI is InChI=1S/C11H13BrO/c1-7-4-8-6-11(2,3)13-10(8)9(12)5-7/h4-5H,6H2,1-3H3. The van der Waals surface area contributed by atoms with Gasteiger partial charge in [0.2, 0.25) is 0 Å². The van der Waals surface area contributed by atoms with E-state index in [2.05, 4.69) is 48.8 Å². The molecule has 1 aromatic carbocycles. The largest absolute Gasteiger partial charge is 0.486 e. The average molecular weight is 241 g/mol. The van der Waals surface area contributed by atoms with E-state index < -0.39 is 0 Å². The van der Waals surface area contributed by atoms with Crippen LogP contribution in [0.25, 0.3) is 0 Å². The first kappa shape index (κ1) is 9.07. The smallest absolute Gasteiger partial charge is 0.137 e. The van der Waals surface area contributed by atoms with Gasteiger partial charge in [-0.2, -0.15) is 0 Å². The summed E-state index contributed by atoms with van der Waals surface area (Å²) in [6, 6.07) is 4.30. The minimum atomic E-state index is -0.0430. The van der Waals surface area contributed by atoms with Crippen LogP contribution in [0, 0.1) is 6.92 Å². The normalized spacial score (nSPS) is 18.2. The zero-order valence-corrected chi connectivity index (χ0v) is 9.73. The van der Waals surface area contributed by atoms with Crippen LogP contribution in [0.15, 0.2) is 16.6 Å². The fraction of sp³-hybridized carbons (Fsp3) is 0.455. The Bertz CT molecular complexity index is 355. The summed E-state index contributed by atoms with van der Waals surface area (Å²) in [5, 5.41) is 0. The summed E-state index contributed by atoms with van der Waals surface area (Å²) < 4.78 is 6.91. The van der Waals surface area contributed by atoms with Gasteiger partial charge in [0.15, 0.2) is 0 Å². The third kappa shape index (κ3) is 1.60. The van der Waals surface area contributed by atoms with Gasteiger partial charge in [0.25, 0.3) is 0 Å². The molecule has 0 radical (unpaired) electrons. The molecule has 1 nitrogen and oxygen atoms in total. The zero-order valence-electron chi connectivity index (χ0n) is 8.15. The quantitative estimate of drug-likeness (QED) is 0.675. The molecule has 0 saturated carbocycles. The van der Waals surface area contributed by atoms with Gasteiger partial charge in [0.05, 0.1) is 4.47 Å².